The van der Waals surface area contributed by atoms with E-state index in [2.05, 4.69) is 58.5 Å². The average molecular weight is 267 g/mol. The maximum atomic E-state index is 3.66. The van der Waals surface area contributed by atoms with E-state index >= 15 is 0 Å². The maximum Gasteiger partial charge on any atom is 0.332 e. The number of thiophene rings is 2. The molecule has 4 rings (SSSR count). The Morgan fingerprint density at radius 1 is 0.889 bits per heavy atom. The van der Waals surface area contributed by atoms with Crippen LogP contribution >= 0.6 is 22.7 Å². The van der Waals surface area contributed by atoms with Crippen LogP contribution in [0.1, 0.15) is 0 Å². The standard InChI is InChI=1S/C14H10BNS2/c1-2-4-10(5-3-1)15-14-11(6-8-18-14)13-12(16-15)7-9-17-13/h1-9,16H. The smallest absolute Gasteiger partial charge is 0.332 e. The van der Waals surface area contributed by atoms with E-state index in [1.54, 1.807) is 0 Å². The fourth-order valence-electron chi connectivity index (χ4n) is 2.46. The summed E-state index contributed by atoms with van der Waals surface area (Å²) in [5, 5.41) is 8.01. The van der Waals surface area contributed by atoms with Gasteiger partial charge >= 0.3 is 6.85 Å². The van der Waals surface area contributed by atoms with E-state index in [-0.39, 0.29) is 0 Å². The number of fused-ring (bicyclic) bond motifs is 3. The van der Waals surface area contributed by atoms with E-state index in [0.29, 0.717) is 6.85 Å². The summed E-state index contributed by atoms with van der Waals surface area (Å²) < 4.78 is 1.43. The second-order valence-corrected chi connectivity index (χ2v) is 6.21. The Balaban J connectivity index is 1.90. The first-order valence-corrected chi connectivity index (χ1v) is 7.66. The molecule has 0 aliphatic carbocycles. The van der Waals surface area contributed by atoms with Gasteiger partial charge in [-0.05, 0) is 22.9 Å². The zero-order chi connectivity index (χ0) is 11.9. The van der Waals surface area contributed by atoms with E-state index in [4.69, 9.17) is 0 Å². The second kappa shape index (κ2) is 4.00. The van der Waals surface area contributed by atoms with Crippen molar-refractivity contribution < 1.29 is 0 Å². The van der Waals surface area contributed by atoms with E-state index < -0.39 is 0 Å². The molecule has 1 aromatic carbocycles. The summed E-state index contributed by atoms with van der Waals surface area (Å²) in [6, 6.07) is 15.1. The first kappa shape index (κ1) is 10.4. The fourth-order valence-corrected chi connectivity index (χ4v) is 4.41. The number of nitrogens with one attached hydrogen (secondary N) is 1. The first-order valence-electron chi connectivity index (χ1n) is 5.90. The lowest BCUT2D eigenvalue weighted by atomic mass is 9.52. The van der Waals surface area contributed by atoms with E-state index in [0.717, 1.165) is 0 Å². The van der Waals surface area contributed by atoms with Gasteiger partial charge in [-0.3, -0.25) is 0 Å². The van der Waals surface area contributed by atoms with Crippen LogP contribution in [0.5, 0.6) is 0 Å². The number of anilines is 1. The third-order valence-electron chi connectivity index (χ3n) is 3.30. The highest BCUT2D eigenvalue weighted by Crippen LogP contribution is 2.37. The molecule has 0 fully saturated rings. The Labute approximate surface area is 114 Å². The highest BCUT2D eigenvalue weighted by Gasteiger charge is 2.30. The SMILES string of the molecule is c1ccc(B2Nc3ccsc3-c3ccsc32)cc1. The molecule has 1 N–H and O–H groups in total. The third kappa shape index (κ3) is 1.46. The molecular formula is C14H10BNS2. The Kier molecular flexibility index (Phi) is 2.32. The summed E-state index contributed by atoms with van der Waals surface area (Å²) in [6.07, 6.45) is 0. The Morgan fingerprint density at radius 3 is 2.61 bits per heavy atom. The van der Waals surface area contributed by atoms with Gasteiger partial charge in [0.2, 0.25) is 0 Å². The summed E-state index contributed by atoms with van der Waals surface area (Å²) in [5.74, 6) is 0. The third-order valence-corrected chi connectivity index (χ3v) is 5.23. The number of benzene rings is 1. The molecule has 0 saturated heterocycles. The van der Waals surface area contributed by atoms with Gasteiger partial charge < -0.3 is 5.23 Å². The Bertz CT molecular complexity index is 687. The predicted octanol–water partition coefficient (Wildman–Crippen LogP) is 3.01. The molecule has 18 heavy (non-hydrogen) atoms. The summed E-state index contributed by atoms with van der Waals surface area (Å²) in [7, 11) is 0. The van der Waals surface area contributed by atoms with E-state index in [9.17, 15) is 0 Å². The highest BCUT2D eigenvalue weighted by molar-refractivity contribution is 7.26. The van der Waals surface area contributed by atoms with Crippen LogP contribution in [0.2, 0.25) is 0 Å². The topological polar surface area (TPSA) is 12.0 Å². The Morgan fingerprint density at radius 2 is 1.72 bits per heavy atom. The maximum absolute atomic E-state index is 3.66. The predicted molar refractivity (Wildman–Crippen MR) is 82.7 cm³/mol. The van der Waals surface area contributed by atoms with Gasteiger partial charge in [0.15, 0.2) is 0 Å². The summed E-state index contributed by atoms with van der Waals surface area (Å²) in [5.41, 5.74) is 4.00. The van der Waals surface area contributed by atoms with Crippen LogP contribution in [0.4, 0.5) is 5.69 Å². The summed E-state index contributed by atoms with van der Waals surface area (Å²) in [4.78, 5) is 1.37. The van der Waals surface area contributed by atoms with Crippen molar-refractivity contribution in [2.24, 2.45) is 0 Å². The molecule has 3 aromatic rings. The van der Waals surface area contributed by atoms with Crippen LogP contribution in [0.3, 0.4) is 0 Å². The quantitative estimate of drug-likeness (QED) is 0.668. The minimum atomic E-state index is 0.295. The van der Waals surface area contributed by atoms with Crippen molar-refractivity contribution in [1.29, 1.82) is 0 Å². The normalized spacial score (nSPS) is 12.8. The molecule has 3 heterocycles. The minimum absolute atomic E-state index is 0.295. The lowest BCUT2D eigenvalue weighted by molar-refractivity contribution is 1.70. The number of hydrogen-bond donors (Lipinski definition) is 1. The molecule has 0 spiro atoms. The van der Waals surface area contributed by atoms with Crippen LogP contribution in [-0.2, 0) is 0 Å². The van der Waals surface area contributed by atoms with Crippen molar-refractivity contribution in [2.45, 2.75) is 0 Å². The van der Waals surface area contributed by atoms with Crippen molar-refractivity contribution >= 4 is 45.4 Å². The van der Waals surface area contributed by atoms with Crippen LogP contribution < -0.4 is 15.5 Å². The van der Waals surface area contributed by atoms with Crippen LogP contribution in [-0.4, -0.2) is 6.85 Å². The lowest BCUT2D eigenvalue weighted by Gasteiger charge is -2.22. The molecule has 0 radical (unpaired) electrons. The molecule has 1 nitrogen and oxygen atoms in total. The van der Waals surface area contributed by atoms with Crippen molar-refractivity contribution in [2.75, 3.05) is 5.23 Å². The molecule has 0 amide bonds. The zero-order valence-electron chi connectivity index (χ0n) is 9.59. The molecule has 0 saturated carbocycles. The molecule has 86 valence electrons. The van der Waals surface area contributed by atoms with Crippen molar-refractivity contribution in [3.05, 3.63) is 53.2 Å². The van der Waals surface area contributed by atoms with Crippen molar-refractivity contribution in [3.8, 4) is 10.4 Å². The van der Waals surface area contributed by atoms with Crippen molar-refractivity contribution in [1.82, 2.24) is 0 Å². The first-order chi connectivity index (χ1) is 8.93. The largest absolute Gasteiger partial charge is 0.418 e. The highest BCUT2D eigenvalue weighted by atomic mass is 32.1. The Hall–Kier alpha value is -1.52. The zero-order valence-corrected chi connectivity index (χ0v) is 11.2. The van der Waals surface area contributed by atoms with Gasteiger partial charge in [0.1, 0.15) is 0 Å². The summed E-state index contributed by atoms with van der Waals surface area (Å²) in [6.45, 7) is 0.295. The van der Waals surface area contributed by atoms with Crippen LogP contribution in [0.25, 0.3) is 10.4 Å². The van der Waals surface area contributed by atoms with Crippen LogP contribution in [0.15, 0.2) is 53.2 Å². The molecular weight excluding hydrogens is 257 g/mol. The molecule has 0 unspecified atom stereocenters. The van der Waals surface area contributed by atoms with Gasteiger partial charge in [0.05, 0.1) is 4.88 Å². The fraction of sp³-hybridized carbons (Fsp3) is 0. The molecule has 4 heteroatoms. The monoisotopic (exact) mass is 267 g/mol. The second-order valence-electron chi connectivity index (χ2n) is 4.35. The number of rotatable bonds is 1. The van der Waals surface area contributed by atoms with Gasteiger partial charge in [0.25, 0.3) is 0 Å². The minimum Gasteiger partial charge on any atom is -0.418 e. The molecule has 0 atom stereocenters. The van der Waals surface area contributed by atoms with E-state index in [1.807, 2.05) is 22.7 Å². The van der Waals surface area contributed by atoms with Gasteiger partial charge in [0, 0.05) is 16.0 Å². The van der Waals surface area contributed by atoms with Crippen molar-refractivity contribution in [3.63, 3.8) is 0 Å². The van der Waals surface area contributed by atoms with E-state index in [1.165, 1.54) is 26.4 Å². The average Bonchev–Trinajstić information content (AvgIpc) is 3.06. The molecule has 1 aliphatic rings. The lowest BCUT2D eigenvalue weighted by Crippen LogP contribution is -2.50. The molecule has 0 bridgehead atoms. The van der Waals surface area contributed by atoms with Crippen LogP contribution in [0, 0.1) is 0 Å². The summed E-state index contributed by atoms with van der Waals surface area (Å²) >= 11 is 3.65. The molecule has 1 aliphatic heterocycles. The molecule has 2 aromatic heterocycles. The van der Waals surface area contributed by atoms with Gasteiger partial charge in [-0.25, -0.2) is 0 Å². The number of hydrogen-bond acceptors (Lipinski definition) is 3. The van der Waals surface area contributed by atoms with Gasteiger partial charge in [-0.1, -0.05) is 35.8 Å². The van der Waals surface area contributed by atoms with Gasteiger partial charge in [-0.15, -0.1) is 11.3 Å². The van der Waals surface area contributed by atoms with Gasteiger partial charge in [-0.2, -0.15) is 11.3 Å².